The van der Waals surface area contributed by atoms with E-state index in [1.807, 2.05) is 12.1 Å². The van der Waals surface area contributed by atoms with Crippen LogP contribution >= 0.6 is 35.3 Å². The molecule has 0 spiro atoms. The molecule has 0 saturated carbocycles. The van der Waals surface area contributed by atoms with Crippen molar-refractivity contribution >= 4 is 41.3 Å². The van der Waals surface area contributed by atoms with Crippen molar-refractivity contribution in [3.8, 4) is 0 Å². The Hall–Kier alpha value is -1.10. The fourth-order valence-corrected chi connectivity index (χ4v) is 4.02. The highest BCUT2D eigenvalue weighted by Crippen LogP contribution is 2.13. The fraction of sp³-hybridized carbons (Fsp3) is 0.571. The minimum Gasteiger partial charge on any atom is -0.469 e. The summed E-state index contributed by atoms with van der Waals surface area (Å²) in [6.07, 6.45) is 2.55. The van der Waals surface area contributed by atoms with E-state index in [-0.39, 0.29) is 24.0 Å². The summed E-state index contributed by atoms with van der Waals surface area (Å²) in [5.74, 6) is 2.41. The lowest BCUT2D eigenvalue weighted by atomic mass is 10.0. The van der Waals surface area contributed by atoms with Crippen LogP contribution in [0.5, 0.6) is 0 Å². The molecule has 2 aromatic rings. The van der Waals surface area contributed by atoms with E-state index in [0.29, 0.717) is 18.5 Å². The summed E-state index contributed by atoms with van der Waals surface area (Å²) in [6.45, 7) is 10.6. The van der Waals surface area contributed by atoms with Gasteiger partial charge < -0.3 is 19.8 Å². The molecule has 0 radical (unpaired) electrons. The molecule has 1 atom stereocenters. The summed E-state index contributed by atoms with van der Waals surface area (Å²) in [5, 5.41) is 9.12. The van der Waals surface area contributed by atoms with Crippen LogP contribution in [0, 0.1) is 5.92 Å². The Bertz CT molecular complexity index is 686. The maximum absolute atomic E-state index is 5.52. The molecule has 2 N–H and O–H groups in total. The molecule has 3 heterocycles. The summed E-state index contributed by atoms with van der Waals surface area (Å²) in [4.78, 5) is 8.59. The number of aliphatic imine (C=N–C) groups is 1. The Kier molecular flexibility index (Phi) is 11.0. The lowest BCUT2D eigenvalue weighted by Crippen LogP contribution is -2.52. The standard InChI is InChI=1S/C21H32N4O2S.HI/c1-17(2)20(25-9-12-26-13-10-25)16-24-21(23-15-19-6-4-14-28-19)22-8-7-18-5-3-11-27-18;/h3-6,11,14,17,20H,7-10,12-13,15-16H2,1-2H3,(H2,22,23,24);1H. The van der Waals surface area contributed by atoms with Crippen molar-refractivity contribution in [1.82, 2.24) is 15.5 Å². The van der Waals surface area contributed by atoms with Crippen LogP contribution in [0.25, 0.3) is 0 Å². The van der Waals surface area contributed by atoms with Gasteiger partial charge in [0.2, 0.25) is 0 Å². The van der Waals surface area contributed by atoms with E-state index in [4.69, 9.17) is 14.1 Å². The Morgan fingerprint density at radius 3 is 2.69 bits per heavy atom. The van der Waals surface area contributed by atoms with Crippen molar-refractivity contribution in [3.05, 3.63) is 46.5 Å². The third-order valence-electron chi connectivity index (χ3n) is 4.98. The summed E-state index contributed by atoms with van der Waals surface area (Å²) in [5.41, 5.74) is 0. The monoisotopic (exact) mass is 532 g/mol. The van der Waals surface area contributed by atoms with Crippen LogP contribution in [0.15, 0.2) is 45.3 Å². The molecule has 0 bridgehead atoms. The van der Waals surface area contributed by atoms with Crippen LogP contribution < -0.4 is 10.6 Å². The first-order valence-electron chi connectivity index (χ1n) is 10.1. The first kappa shape index (κ1) is 24.2. The van der Waals surface area contributed by atoms with Gasteiger partial charge in [-0.25, -0.2) is 4.99 Å². The highest BCUT2D eigenvalue weighted by Gasteiger charge is 2.23. The molecule has 3 rings (SSSR count). The number of hydrogen-bond donors (Lipinski definition) is 2. The zero-order valence-corrected chi connectivity index (χ0v) is 20.4. The predicted octanol–water partition coefficient (Wildman–Crippen LogP) is 3.59. The number of nitrogens with one attached hydrogen (secondary N) is 2. The number of nitrogens with zero attached hydrogens (tertiary/aromatic N) is 2. The van der Waals surface area contributed by atoms with Gasteiger partial charge in [-0.2, -0.15) is 0 Å². The molecule has 1 unspecified atom stereocenters. The zero-order valence-electron chi connectivity index (χ0n) is 17.3. The second-order valence-electron chi connectivity index (χ2n) is 7.34. The summed E-state index contributed by atoms with van der Waals surface area (Å²) in [6, 6.07) is 8.59. The van der Waals surface area contributed by atoms with Crippen molar-refractivity contribution in [2.75, 3.05) is 39.4 Å². The van der Waals surface area contributed by atoms with E-state index in [0.717, 1.165) is 57.5 Å². The number of guanidine groups is 1. The van der Waals surface area contributed by atoms with Crippen molar-refractivity contribution in [2.45, 2.75) is 32.9 Å². The molecular formula is C21H33IN4O2S. The Morgan fingerprint density at radius 2 is 2.03 bits per heavy atom. The van der Waals surface area contributed by atoms with E-state index in [1.165, 1.54) is 4.88 Å². The third kappa shape index (κ3) is 8.27. The second-order valence-corrected chi connectivity index (χ2v) is 8.37. The minimum absolute atomic E-state index is 0. The molecule has 6 nitrogen and oxygen atoms in total. The predicted molar refractivity (Wildman–Crippen MR) is 130 cm³/mol. The van der Waals surface area contributed by atoms with Crippen molar-refractivity contribution in [3.63, 3.8) is 0 Å². The first-order valence-corrected chi connectivity index (χ1v) is 11.0. The molecule has 1 aliphatic heterocycles. The van der Waals surface area contributed by atoms with E-state index in [2.05, 4.69) is 46.9 Å². The lowest BCUT2D eigenvalue weighted by molar-refractivity contribution is 0.00752. The average Bonchev–Trinajstić information content (AvgIpc) is 3.40. The van der Waals surface area contributed by atoms with Crippen molar-refractivity contribution in [2.24, 2.45) is 10.9 Å². The molecule has 0 aliphatic carbocycles. The van der Waals surface area contributed by atoms with E-state index < -0.39 is 0 Å². The molecule has 0 aromatic carbocycles. The lowest BCUT2D eigenvalue weighted by Gasteiger charge is -2.37. The molecule has 29 heavy (non-hydrogen) atoms. The number of ether oxygens (including phenoxy) is 1. The normalized spacial score (nSPS) is 16.4. The number of halogens is 1. The topological polar surface area (TPSA) is 62.0 Å². The molecule has 8 heteroatoms. The minimum atomic E-state index is 0. The molecule has 1 saturated heterocycles. The summed E-state index contributed by atoms with van der Waals surface area (Å²) >= 11 is 1.74. The van der Waals surface area contributed by atoms with E-state index >= 15 is 0 Å². The number of morpholine rings is 1. The Morgan fingerprint density at radius 1 is 1.21 bits per heavy atom. The zero-order chi connectivity index (χ0) is 19.6. The van der Waals surface area contributed by atoms with Crippen LogP contribution in [0.1, 0.15) is 24.5 Å². The smallest absolute Gasteiger partial charge is 0.191 e. The van der Waals surface area contributed by atoms with Gasteiger partial charge in [0.05, 0.1) is 26.0 Å². The fourth-order valence-electron chi connectivity index (χ4n) is 3.39. The van der Waals surface area contributed by atoms with Crippen molar-refractivity contribution < 1.29 is 9.15 Å². The van der Waals surface area contributed by atoms with E-state index in [9.17, 15) is 0 Å². The largest absolute Gasteiger partial charge is 0.469 e. The van der Waals surface area contributed by atoms with Gasteiger partial charge in [0.25, 0.3) is 0 Å². The summed E-state index contributed by atoms with van der Waals surface area (Å²) < 4.78 is 10.9. The third-order valence-corrected chi connectivity index (χ3v) is 5.84. The number of thiophene rings is 1. The Balaban J connectivity index is 0.00000300. The van der Waals surface area contributed by atoms with Crippen LogP contribution in [0.4, 0.5) is 0 Å². The maximum atomic E-state index is 5.52. The molecule has 0 amide bonds. The molecule has 1 fully saturated rings. The number of furan rings is 1. The highest BCUT2D eigenvalue weighted by molar-refractivity contribution is 14.0. The van der Waals surface area contributed by atoms with E-state index in [1.54, 1.807) is 17.6 Å². The van der Waals surface area contributed by atoms with Gasteiger partial charge in [-0.1, -0.05) is 19.9 Å². The maximum Gasteiger partial charge on any atom is 0.191 e. The van der Waals surface area contributed by atoms with Crippen molar-refractivity contribution in [1.29, 1.82) is 0 Å². The molecular weight excluding hydrogens is 499 g/mol. The first-order chi connectivity index (χ1) is 13.7. The van der Waals surface area contributed by atoms with Gasteiger partial charge in [0.15, 0.2) is 5.96 Å². The van der Waals surface area contributed by atoms with Gasteiger partial charge in [0.1, 0.15) is 5.76 Å². The van der Waals surface area contributed by atoms with Crippen LogP contribution in [-0.4, -0.2) is 56.3 Å². The number of hydrogen-bond acceptors (Lipinski definition) is 5. The second kappa shape index (κ2) is 13.3. The SMILES string of the molecule is CC(C)C(CNC(=NCc1cccs1)NCCc1ccco1)N1CCOCC1.I. The average molecular weight is 532 g/mol. The van der Waals surface area contributed by atoms with Gasteiger partial charge >= 0.3 is 0 Å². The van der Waals surface area contributed by atoms with Crippen LogP contribution in [0.2, 0.25) is 0 Å². The molecule has 1 aliphatic rings. The Labute approximate surface area is 195 Å². The van der Waals surface area contributed by atoms with Gasteiger partial charge in [-0.15, -0.1) is 35.3 Å². The molecule has 162 valence electrons. The summed E-state index contributed by atoms with van der Waals surface area (Å²) in [7, 11) is 0. The van der Waals surface area contributed by atoms with Gasteiger partial charge in [-0.05, 0) is 29.5 Å². The quantitative estimate of drug-likeness (QED) is 0.294. The number of rotatable bonds is 9. The van der Waals surface area contributed by atoms with Crippen LogP contribution in [-0.2, 0) is 17.7 Å². The van der Waals surface area contributed by atoms with Gasteiger partial charge in [-0.3, -0.25) is 4.90 Å². The van der Waals surface area contributed by atoms with Gasteiger partial charge in [0, 0.05) is 43.5 Å². The van der Waals surface area contributed by atoms with Crippen LogP contribution in [0.3, 0.4) is 0 Å². The molecule has 2 aromatic heterocycles. The highest BCUT2D eigenvalue weighted by atomic mass is 127.